The summed E-state index contributed by atoms with van der Waals surface area (Å²) >= 11 is 5.72. The molecule has 1 N–H and O–H groups in total. The van der Waals surface area contributed by atoms with Crippen molar-refractivity contribution in [2.24, 2.45) is 0 Å². The summed E-state index contributed by atoms with van der Waals surface area (Å²) in [5.74, 6) is -3.74. The van der Waals surface area contributed by atoms with Crippen LogP contribution in [0.1, 0.15) is 24.0 Å². The van der Waals surface area contributed by atoms with Crippen LogP contribution in [0.3, 0.4) is 0 Å². The lowest BCUT2D eigenvalue weighted by Gasteiger charge is -2.38. The summed E-state index contributed by atoms with van der Waals surface area (Å²) in [5.41, 5.74) is -4.26. The van der Waals surface area contributed by atoms with Crippen LogP contribution in [0.5, 0.6) is 0 Å². The first-order valence-electron chi connectivity index (χ1n) is 8.42. The van der Waals surface area contributed by atoms with Gasteiger partial charge < -0.3 is 5.11 Å². The average Bonchev–Trinajstić information content (AvgIpc) is 3.24. The van der Waals surface area contributed by atoms with Crippen LogP contribution in [0.4, 0.5) is 17.6 Å². The molecule has 0 saturated heterocycles. The molecule has 1 aromatic heterocycles. The third-order valence-electron chi connectivity index (χ3n) is 5.26. The van der Waals surface area contributed by atoms with Crippen LogP contribution in [0.25, 0.3) is 0 Å². The fraction of sp³-hybridized carbons (Fsp3) is 0.263. The van der Waals surface area contributed by atoms with Gasteiger partial charge in [0, 0.05) is 27.6 Å². The molecule has 0 aliphatic heterocycles. The quantitative estimate of drug-likeness (QED) is 0.643. The highest BCUT2D eigenvalue weighted by molar-refractivity contribution is 6.30. The van der Waals surface area contributed by atoms with E-state index in [-0.39, 0.29) is 35.5 Å². The zero-order chi connectivity index (χ0) is 20.1. The molecule has 1 fully saturated rings. The molecule has 1 saturated carbocycles. The van der Waals surface area contributed by atoms with E-state index in [0.29, 0.717) is 6.07 Å². The summed E-state index contributed by atoms with van der Waals surface area (Å²) < 4.78 is 58.8. The number of hydrogen-bond donors (Lipinski definition) is 1. The van der Waals surface area contributed by atoms with Gasteiger partial charge in [-0.25, -0.2) is 27.2 Å². The molecule has 0 radical (unpaired) electrons. The third kappa shape index (κ3) is 2.87. The zero-order valence-electron chi connectivity index (χ0n) is 14.3. The van der Waals surface area contributed by atoms with Gasteiger partial charge in [0.05, 0.1) is 6.54 Å². The Labute approximate surface area is 162 Å². The molecule has 4 rings (SSSR count). The smallest absolute Gasteiger partial charge is 0.137 e. The van der Waals surface area contributed by atoms with Crippen molar-refractivity contribution in [1.29, 1.82) is 0 Å². The van der Waals surface area contributed by atoms with Crippen molar-refractivity contribution < 1.29 is 22.7 Å². The summed E-state index contributed by atoms with van der Waals surface area (Å²) in [6, 6.07) is 4.56. The van der Waals surface area contributed by atoms with Crippen LogP contribution in [0.15, 0.2) is 43.0 Å². The van der Waals surface area contributed by atoms with Crippen molar-refractivity contribution in [3.63, 3.8) is 0 Å². The molecule has 1 aliphatic carbocycles. The van der Waals surface area contributed by atoms with Gasteiger partial charge in [-0.1, -0.05) is 17.7 Å². The maximum atomic E-state index is 14.7. The highest BCUT2D eigenvalue weighted by atomic mass is 35.5. The van der Waals surface area contributed by atoms with E-state index in [9.17, 15) is 22.7 Å². The lowest BCUT2D eigenvalue weighted by Crippen LogP contribution is -2.45. The predicted octanol–water partition coefficient (Wildman–Crippen LogP) is 4.11. The van der Waals surface area contributed by atoms with Crippen LogP contribution in [0, 0.1) is 23.3 Å². The number of hydrogen-bond acceptors (Lipinski definition) is 3. The van der Waals surface area contributed by atoms with E-state index >= 15 is 0 Å². The number of halogens is 5. The minimum atomic E-state index is -2.12. The molecule has 1 heterocycles. The van der Waals surface area contributed by atoms with Gasteiger partial charge in [-0.3, -0.25) is 0 Å². The molecule has 1 atom stereocenters. The molecule has 0 amide bonds. The Morgan fingerprint density at radius 2 is 1.75 bits per heavy atom. The molecule has 4 nitrogen and oxygen atoms in total. The minimum absolute atomic E-state index is 0.137. The summed E-state index contributed by atoms with van der Waals surface area (Å²) in [6.07, 6.45) is 2.87. The van der Waals surface area contributed by atoms with Gasteiger partial charge >= 0.3 is 0 Å². The summed E-state index contributed by atoms with van der Waals surface area (Å²) in [7, 11) is 0. The van der Waals surface area contributed by atoms with E-state index in [2.05, 4.69) is 10.1 Å². The first-order chi connectivity index (χ1) is 13.3. The molecule has 0 bridgehead atoms. The van der Waals surface area contributed by atoms with Gasteiger partial charge in [0.2, 0.25) is 0 Å². The molecule has 146 valence electrons. The average molecular weight is 412 g/mol. The van der Waals surface area contributed by atoms with E-state index in [1.165, 1.54) is 17.3 Å². The largest absolute Gasteiger partial charge is 0.382 e. The van der Waals surface area contributed by atoms with Gasteiger partial charge in [-0.05, 0) is 31.0 Å². The Bertz CT molecular complexity index is 1020. The molecular formula is C19H14ClF4N3O. The van der Waals surface area contributed by atoms with Crippen molar-refractivity contribution in [2.75, 3.05) is 0 Å². The topological polar surface area (TPSA) is 50.9 Å². The number of nitrogens with zero attached hydrogens (tertiary/aromatic N) is 3. The highest BCUT2D eigenvalue weighted by Crippen LogP contribution is 2.61. The van der Waals surface area contributed by atoms with Crippen molar-refractivity contribution in [3.05, 3.63) is 82.4 Å². The fourth-order valence-corrected chi connectivity index (χ4v) is 4.05. The van der Waals surface area contributed by atoms with Gasteiger partial charge in [0.15, 0.2) is 0 Å². The number of rotatable bonds is 5. The second-order valence-corrected chi connectivity index (χ2v) is 7.34. The molecule has 2 aromatic carbocycles. The SMILES string of the molecule is OC(Cn1cncn1)(c1ccc(F)cc1F)C1(c2c(F)cc(Cl)cc2F)CC1. The number of aliphatic hydroxyl groups is 1. The zero-order valence-corrected chi connectivity index (χ0v) is 15.1. The second-order valence-electron chi connectivity index (χ2n) is 6.90. The van der Waals surface area contributed by atoms with Crippen molar-refractivity contribution in [2.45, 2.75) is 30.4 Å². The van der Waals surface area contributed by atoms with Crippen LogP contribution in [0.2, 0.25) is 5.02 Å². The number of aromatic nitrogens is 3. The van der Waals surface area contributed by atoms with Crippen LogP contribution in [-0.2, 0) is 17.6 Å². The lowest BCUT2D eigenvalue weighted by atomic mass is 9.73. The molecule has 1 unspecified atom stereocenters. The Hall–Kier alpha value is -2.45. The van der Waals surface area contributed by atoms with Gasteiger partial charge in [-0.15, -0.1) is 0 Å². The monoisotopic (exact) mass is 411 g/mol. The maximum Gasteiger partial charge on any atom is 0.137 e. The van der Waals surface area contributed by atoms with Crippen LogP contribution in [-0.4, -0.2) is 19.9 Å². The molecule has 1 aliphatic rings. The van der Waals surface area contributed by atoms with E-state index in [0.717, 1.165) is 24.3 Å². The predicted molar refractivity (Wildman–Crippen MR) is 92.6 cm³/mol. The van der Waals surface area contributed by atoms with E-state index in [1.54, 1.807) is 0 Å². The third-order valence-corrected chi connectivity index (χ3v) is 5.48. The molecule has 3 aromatic rings. The highest BCUT2D eigenvalue weighted by Gasteiger charge is 2.63. The standard InChI is InChI=1S/C19H14ClF4N3O/c20-11-5-15(23)17(16(24)6-11)18(3-4-18)19(28,8-27-10-25-9-26-27)13-2-1-12(21)7-14(13)22/h1-2,5-7,9-10,28H,3-4,8H2. The summed E-state index contributed by atoms with van der Waals surface area (Å²) in [5, 5.41) is 15.4. The van der Waals surface area contributed by atoms with E-state index in [4.69, 9.17) is 11.6 Å². The van der Waals surface area contributed by atoms with Gasteiger partial charge in [0.25, 0.3) is 0 Å². The maximum absolute atomic E-state index is 14.7. The minimum Gasteiger partial charge on any atom is -0.382 e. The Kier molecular flexibility index (Phi) is 4.43. The number of benzene rings is 2. The fourth-order valence-electron chi connectivity index (χ4n) is 3.86. The van der Waals surface area contributed by atoms with Gasteiger partial charge in [0.1, 0.15) is 41.5 Å². The lowest BCUT2D eigenvalue weighted by molar-refractivity contribution is -0.0298. The summed E-state index contributed by atoms with van der Waals surface area (Å²) in [6.45, 7) is -0.336. The van der Waals surface area contributed by atoms with E-state index in [1.807, 2.05) is 0 Å². The molecule has 0 spiro atoms. The first-order valence-corrected chi connectivity index (χ1v) is 8.80. The first kappa shape index (κ1) is 18.9. The Morgan fingerprint density at radius 1 is 1.07 bits per heavy atom. The van der Waals surface area contributed by atoms with E-state index < -0.39 is 34.3 Å². The van der Waals surface area contributed by atoms with Gasteiger partial charge in [-0.2, -0.15) is 5.10 Å². The Morgan fingerprint density at radius 3 is 2.29 bits per heavy atom. The second kappa shape index (κ2) is 6.56. The molecule has 9 heteroatoms. The van der Waals surface area contributed by atoms with Crippen molar-refractivity contribution >= 4 is 11.6 Å². The normalized spacial score (nSPS) is 17.4. The van der Waals surface area contributed by atoms with Crippen molar-refractivity contribution in [3.8, 4) is 0 Å². The van der Waals surface area contributed by atoms with Crippen LogP contribution >= 0.6 is 11.6 Å². The molecule has 28 heavy (non-hydrogen) atoms. The van der Waals surface area contributed by atoms with Crippen molar-refractivity contribution in [1.82, 2.24) is 14.8 Å². The van der Waals surface area contributed by atoms with Crippen LogP contribution < -0.4 is 0 Å². The Balaban J connectivity index is 1.94. The molecular weight excluding hydrogens is 398 g/mol. The summed E-state index contributed by atoms with van der Waals surface area (Å²) in [4.78, 5) is 3.78.